The van der Waals surface area contributed by atoms with E-state index in [0.717, 1.165) is 47.5 Å². The molecular weight excluding hydrogens is 514 g/mol. The van der Waals surface area contributed by atoms with E-state index in [9.17, 15) is 4.79 Å². The number of benzene rings is 3. The Morgan fingerprint density at radius 2 is 1.54 bits per heavy atom. The zero-order valence-electron chi connectivity index (χ0n) is 24.0. The summed E-state index contributed by atoms with van der Waals surface area (Å²) in [5.74, 6) is 2.03. The second kappa shape index (κ2) is 15.6. The smallest absolute Gasteiger partial charge is 0.245 e. The van der Waals surface area contributed by atoms with Gasteiger partial charge < -0.3 is 20.5 Å². The molecule has 4 rings (SSSR count). The first kappa shape index (κ1) is 29.8. The maximum absolute atomic E-state index is 13.2. The molecule has 216 valence electrons. The Kier molecular flexibility index (Phi) is 11.3. The quantitative estimate of drug-likeness (QED) is 0.166. The van der Waals surface area contributed by atoms with Crippen LogP contribution >= 0.6 is 0 Å². The molecule has 0 radical (unpaired) electrons. The normalized spacial score (nSPS) is 11.8. The summed E-state index contributed by atoms with van der Waals surface area (Å²) in [5, 5.41) is 11.7. The molecule has 0 saturated carbocycles. The number of carbonyl (C=O) groups excluding carboxylic acids is 1. The van der Waals surface area contributed by atoms with E-state index >= 15 is 0 Å². The van der Waals surface area contributed by atoms with Crippen molar-refractivity contribution in [3.05, 3.63) is 96.3 Å². The first-order valence-electron chi connectivity index (χ1n) is 14.4. The summed E-state index contributed by atoms with van der Waals surface area (Å²) in [4.78, 5) is 13.2. The number of rotatable bonds is 16. The van der Waals surface area contributed by atoms with Crippen LogP contribution in [0.25, 0.3) is 11.1 Å². The Labute approximate surface area is 242 Å². The summed E-state index contributed by atoms with van der Waals surface area (Å²) >= 11 is 0. The molecule has 0 fully saturated rings. The summed E-state index contributed by atoms with van der Waals surface area (Å²) < 4.78 is 14.0. The first-order chi connectivity index (χ1) is 20.0. The van der Waals surface area contributed by atoms with Crippen LogP contribution in [0.15, 0.2) is 85.1 Å². The second-order valence-electron chi connectivity index (χ2n) is 10.5. The molecular formula is C33H41N5O3. The van der Waals surface area contributed by atoms with Gasteiger partial charge in [0.2, 0.25) is 5.91 Å². The summed E-state index contributed by atoms with van der Waals surface area (Å²) in [7, 11) is 0. The third kappa shape index (κ3) is 8.91. The molecule has 3 N–H and O–H groups in total. The number of hydrogen-bond acceptors (Lipinski definition) is 6. The second-order valence-corrected chi connectivity index (χ2v) is 10.5. The van der Waals surface area contributed by atoms with Gasteiger partial charge in [-0.05, 0) is 55.8 Å². The minimum absolute atomic E-state index is 0.0948. The fraction of sp³-hybridized carbons (Fsp3) is 0.364. The van der Waals surface area contributed by atoms with E-state index in [2.05, 4.69) is 29.5 Å². The van der Waals surface area contributed by atoms with Gasteiger partial charge in [-0.3, -0.25) is 4.79 Å². The average molecular weight is 556 g/mol. The molecule has 0 aliphatic rings. The standard InChI is InChI=1S/C33H41N5O3/c1-25(2)19-21-40-31-17-8-6-14-28(31)29-15-7-9-18-32(29)41-24-27-23-38(37-36-27)30(16-10-11-20-34)33(39)35-22-26-12-4-3-5-13-26/h3-9,12-15,17-18,23,25,30H,10-11,16,19-22,24,34H2,1-2H3,(H,35,39)/t30-/m1/s1. The molecule has 0 aliphatic carbocycles. The molecule has 1 heterocycles. The molecule has 3 aromatic carbocycles. The molecule has 8 nitrogen and oxygen atoms in total. The molecule has 0 spiro atoms. The van der Waals surface area contributed by atoms with Crippen molar-refractivity contribution in [1.82, 2.24) is 20.3 Å². The van der Waals surface area contributed by atoms with E-state index in [1.165, 1.54) is 0 Å². The molecule has 0 unspecified atom stereocenters. The number of carbonyl (C=O) groups is 1. The molecule has 8 heteroatoms. The monoisotopic (exact) mass is 555 g/mol. The fourth-order valence-corrected chi connectivity index (χ4v) is 4.49. The van der Waals surface area contributed by atoms with Crippen molar-refractivity contribution in [3.8, 4) is 22.6 Å². The highest BCUT2D eigenvalue weighted by molar-refractivity contribution is 5.80. The number of unbranched alkanes of at least 4 members (excludes halogenated alkanes) is 1. The maximum atomic E-state index is 13.2. The van der Waals surface area contributed by atoms with Crippen LogP contribution in [0.3, 0.4) is 0 Å². The Morgan fingerprint density at radius 3 is 2.22 bits per heavy atom. The van der Waals surface area contributed by atoms with Crippen molar-refractivity contribution in [2.24, 2.45) is 11.7 Å². The molecule has 41 heavy (non-hydrogen) atoms. The van der Waals surface area contributed by atoms with Crippen molar-refractivity contribution in [3.63, 3.8) is 0 Å². The van der Waals surface area contributed by atoms with Gasteiger partial charge in [0.25, 0.3) is 0 Å². The maximum Gasteiger partial charge on any atom is 0.245 e. The third-order valence-corrected chi connectivity index (χ3v) is 6.81. The van der Waals surface area contributed by atoms with Gasteiger partial charge in [-0.2, -0.15) is 0 Å². The summed E-state index contributed by atoms with van der Waals surface area (Å²) in [6.45, 7) is 6.29. The van der Waals surface area contributed by atoms with Crippen molar-refractivity contribution >= 4 is 5.91 Å². The number of ether oxygens (including phenoxy) is 2. The van der Waals surface area contributed by atoms with Crippen molar-refractivity contribution in [2.75, 3.05) is 13.2 Å². The highest BCUT2D eigenvalue weighted by Gasteiger charge is 2.22. The molecule has 1 atom stereocenters. The molecule has 1 aromatic heterocycles. The molecule has 4 aromatic rings. The van der Waals surface area contributed by atoms with Gasteiger partial charge in [-0.25, -0.2) is 4.68 Å². The Balaban J connectivity index is 1.44. The van der Waals surface area contributed by atoms with Gasteiger partial charge in [0, 0.05) is 17.7 Å². The predicted molar refractivity (Wildman–Crippen MR) is 161 cm³/mol. The molecule has 0 bridgehead atoms. The van der Waals surface area contributed by atoms with E-state index in [0.29, 0.717) is 37.7 Å². The summed E-state index contributed by atoms with van der Waals surface area (Å²) in [6, 6.07) is 25.3. The van der Waals surface area contributed by atoms with Gasteiger partial charge in [-0.1, -0.05) is 85.8 Å². The van der Waals surface area contributed by atoms with Gasteiger partial charge in [0.1, 0.15) is 29.8 Å². The highest BCUT2D eigenvalue weighted by Crippen LogP contribution is 2.36. The molecule has 1 amide bonds. The zero-order valence-corrected chi connectivity index (χ0v) is 24.0. The minimum Gasteiger partial charge on any atom is -0.493 e. The lowest BCUT2D eigenvalue weighted by Gasteiger charge is -2.17. The topological polar surface area (TPSA) is 104 Å². The highest BCUT2D eigenvalue weighted by atomic mass is 16.5. The number of aromatic nitrogens is 3. The van der Waals surface area contributed by atoms with Gasteiger partial charge in [-0.15, -0.1) is 5.10 Å². The van der Waals surface area contributed by atoms with Crippen molar-refractivity contribution in [1.29, 1.82) is 0 Å². The molecule has 0 aliphatic heterocycles. The number of para-hydroxylation sites is 2. The SMILES string of the molecule is CC(C)CCOc1ccccc1-c1ccccc1OCc1cn([C@H](CCCCN)C(=O)NCc2ccccc2)nn1. The number of hydrogen-bond donors (Lipinski definition) is 2. The number of nitrogens with zero attached hydrogens (tertiary/aromatic N) is 3. The van der Waals surface area contributed by atoms with Gasteiger partial charge >= 0.3 is 0 Å². The van der Waals surface area contributed by atoms with Crippen LogP contribution in [0.1, 0.15) is 56.8 Å². The molecule has 0 saturated heterocycles. The van der Waals surface area contributed by atoms with Crippen LogP contribution in [0.2, 0.25) is 0 Å². The lowest BCUT2D eigenvalue weighted by atomic mass is 10.0. The Morgan fingerprint density at radius 1 is 0.878 bits per heavy atom. The van der Waals surface area contributed by atoms with E-state index in [-0.39, 0.29) is 12.5 Å². The van der Waals surface area contributed by atoms with Crippen LogP contribution in [0, 0.1) is 5.92 Å². The van der Waals surface area contributed by atoms with E-state index < -0.39 is 6.04 Å². The van der Waals surface area contributed by atoms with Crippen molar-refractivity contribution < 1.29 is 14.3 Å². The summed E-state index contributed by atoms with van der Waals surface area (Å²) in [5.41, 5.74) is 9.31. The largest absolute Gasteiger partial charge is 0.493 e. The van der Waals surface area contributed by atoms with Crippen LogP contribution < -0.4 is 20.5 Å². The fourth-order valence-electron chi connectivity index (χ4n) is 4.49. The number of nitrogens with one attached hydrogen (secondary N) is 1. The van der Waals surface area contributed by atoms with Gasteiger partial charge in [0.05, 0.1) is 12.8 Å². The Hall–Kier alpha value is -4.17. The van der Waals surface area contributed by atoms with Crippen LogP contribution in [0.4, 0.5) is 0 Å². The van der Waals surface area contributed by atoms with Crippen molar-refractivity contribution in [2.45, 2.75) is 58.7 Å². The van der Waals surface area contributed by atoms with E-state index in [4.69, 9.17) is 15.2 Å². The Bertz CT molecular complexity index is 1360. The number of amides is 1. The average Bonchev–Trinajstić information content (AvgIpc) is 3.46. The van der Waals surface area contributed by atoms with Crippen LogP contribution in [-0.2, 0) is 17.9 Å². The van der Waals surface area contributed by atoms with Gasteiger partial charge in [0.15, 0.2) is 0 Å². The zero-order chi connectivity index (χ0) is 28.9. The minimum atomic E-state index is -0.478. The summed E-state index contributed by atoms with van der Waals surface area (Å²) in [6.07, 6.45) is 5.06. The lowest BCUT2D eigenvalue weighted by Crippen LogP contribution is -2.32. The third-order valence-electron chi connectivity index (χ3n) is 6.81. The van der Waals surface area contributed by atoms with Crippen LogP contribution in [0.5, 0.6) is 11.5 Å². The lowest BCUT2D eigenvalue weighted by molar-refractivity contribution is -0.125. The first-order valence-corrected chi connectivity index (χ1v) is 14.4. The van der Waals surface area contributed by atoms with E-state index in [1.54, 1.807) is 10.9 Å². The van der Waals surface area contributed by atoms with Crippen LogP contribution in [-0.4, -0.2) is 34.1 Å². The predicted octanol–water partition coefficient (Wildman–Crippen LogP) is 5.94. The van der Waals surface area contributed by atoms with E-state index in [1.807, 2.05) is 78.9 Å². The number of nitrogens with two attached hydrogens (primary N) is 1.